The van der Waals surface area contributed by atoms with E-state index in [2.05, 4.69) is 11.1 Å². The molecular weight excluding hydrogens is 416 g/mol. The largest absolute Gasteiger partial charge is 0.461 e. The van der Waals surface area contributed by atoms with Gasteiger partial charge in [-0.15, -0.1) is 0 Å². The molecule has 2 heterocycles. The number of carbonyl (C=O) groups is 1. The molecule has 0 saturated carbocycles. The first-order valence-corrected chi connectivity index (χ1v) is 11.9. The molecule has 0 amide bonds. The Kier molecular flexibility index (Phi) is 6.70. The van der Waals surface area contributed by atoms with Crippen LogP contribution in [0.1, 0.15) is 24.0 Å². The van der Waals surface area contributed by atoms with Gasteiger partial charge in [-0.25, -0.2) is 8.42 Å². The lowest BCUT2D eigenvalue weighted by Crippen LogP contribution is -2.40. The van der Waals surface area contributed by atoms with E-state index in [1.165, 1.54) is 15.3 Å². The van der Waals surface area contributed by atoms with Crippen LogP contribution in [0.5, 0.6) is 0 Å². The number of morpholine rings is 1. The summed E-state index contributed by atoms with van der Waals surface area (Å²) in [4.78, 5) is 15.6. The summed E-state index contributed by atoms with van der Waals surface area (Å²) >= 11 is 0. The van der Waals surface area contributed by atoms with Crippen molar-refractivity contribution in [3.05, 3.63) is 65.9 Å². The van der Waals surface area contributed by atoms with Crippen molar-refractivity contribution in [2.24, 2.45) is 0 Å². The van der Waals surface area contributed by atoms with E-state index in [9.17, 15) is 13.2 Å². The van der Waals surface area contributed by atoms with E-state index >= 15 is 0 Å². The van der Waals surface area contributed by atoms with Crippen molar-refractivity contribution in [2.75, 3.05) is 26.3 Å². The maximum atomic E-state index is 12.8. The third-order valence-electron chi connectivity index (χ3n) is 5.41. The van der Waals surface area contributed by atoms with Gasteiger partial charge in [-0.2, -0.15) is 4.31 Å². The number of carbonyl (C=O) groups excluding carboxylic acids is 1. The first-order valence-electron chi connectivity index (χ1n) is 10.4. The topological polar surface area (TPSA) is 88.7 Å². The Labute approximate surface area is 182 Å². The number of benzene rings is 2. The molecular formula is C23H26N2O5S. The number of para-hydroxylation sites is 1. The molecule has 2 aromatic carbocycles. The molecule has 31 heavy (non-hydrogen) atoms. The monoisotopic (exact) mass is 442 g/mol. The Hall–Kier alpha value is -2.68. The maximum Gasteiger partial charge on any atom is 0.306 e. The number of aromatic amines is 1. The molecule has 3 aromatic rings. The highest BCUT2D eigenvalue weighted by atomic mass is 32.2. The number of nitrogens with one attached hydrogen (secondary N) is 1. The summed E-state index contributed by atoms with van der Waals surface area (Å²) in [5.41, 5.74) is 2.93. The van der Waals surface area contributed by atoms with Crippen molar-refractivity contribution in [1.82, 2.24) is 9.29 Å². The molecule has 4 rings (SSSR count). The minimum Gasteiger partial charge on any atom is -0.461 e. The van der Waals surface area contributed by atoms with E-state index in [4.69, 9.17) is 9.47 Å². The minimum absolute atomic E-state index is 0.0540. The van der Waals surface area contributed by atoms with Gasteiger partial charge in [0.1, 0.15) is 6.61 Å². The number of esters is 1. The summed E-state index contributed by atoms with van der Waals surface area (Å²) < 4.78 is 37.6. The number of aromatic nitrogens is 1. The van der Waals surface area contributed by atoms with Crippen molar-refractivity contribution < 1.29 is 22.7 Å². The molecule has 1 N–H and O–H groups in total. The number of sulfonamides is 1. The third kappa shape index (κ3) is 5.15. The lowest BCUT2D eigenvalue weighted by atomic mass is 10.1. The highest BCUT2D eigenvalue weighted by molar-refractivity contribution is 7.89. The van der Waals surface area contributed by atoms with Gasteiger partial charge in [0.15, 0.2) is 0 Å². The molecule has 0 radical (unpaired) electrons. The second-order valence-corrected chi connectivity index (χ2v) is 9.48. The van der Waals surface area contributed by atoms with E-state index < -0.39 is 10.0 Å². The Balaban J connectivity index is 1.29. The van der Waals surface area contributed by atoms with Crippen LogP contribution in [0, 0.1) is 0 Å². The van der Waals surface area contributed by atoms with Gasteiger partial charge in [-0.1, -0.05) is 30.3 Å². The number of rotatable bonds is 8. The fourth-order valence-corrected chi connectivity index (χ4v) is 5.21. The Morgan fingerprint density at radius 2 is 1.90 bits per heavy atom. The van der Waals surface area contributed by atoms with Gasteiger partial charge in [0.2, 0.25) is 10.0 Å². The molecule has 164 valence electrons. The summed E-state index contributed by atoms with van der Waals surface area (Å²) in [7, 11) is -3.57. The van der Waals surface area contributed by atoms with Crippen LogP contribution < -0.4 is 0 Å². The molecule has 1 saturated heterocycles. The number of nitrogens with zero attached hydrogens (tertiary/aromatic N) is 1. The second kappa shape index (κ2) is 9.64. The van der Waals surface area contributed by atoms with Crippen LogP contribution in [-0.2, 0) is 37.3 Å². The highest BCUT2D eigenvalue weighted by Crippen LogP contribution is 2.21. The number of H-pyrrole nitrogens is 1. The summed E-state index contributed by atoms with van der Waals surface area (Å²) in [6, 6.07) is 14.7. The predicted octanol–water partition coefficient (Wildman–Crippen LogP) is 3.25. The molecule has 7 nitrogen and oxygen atoms in total. The standard InChI is InChI=1S/C23H26N2O5S/c26-23(10-4-6-19-16-24-22-9-2-1-8-21(19)22)30-17-18-5-3-7-20(15-18)31(27,28)25-11-13-29-14-12-25/h1-3,5,7-9,15-16,24H,4,6,10-14,17H2. The van der Waals surface area contributed by atoms with E-state index in [0.29, 0.717) is 44.7 Å². The molecule has 0 spiro atoms. The van der Waals surface area contributed by atoms with Gasteiger partial charge >= 0.3 is 5.97 Å². The van der Waals surface area contributed by atoms with Crippen molar-refractivity contribution in [3.63, 3.8) is 0 Å². The zero-order valence-corrected chi connectivity index (χ0v) is 18.1. The normalized spacial score (nSPS) is 15.2. The third-order valence-corrected chi connectivity index (χ3v) is 7.30. The van der Waals surface area contributed by atoms with E-state index in [1.807, 2.05) is 24.4 Å². The Morgan fingerprint density at radius 1 is 1.10 bits per heavy atom. The molecule has 1 aromatic heterocycles. The van der Waals surface area contributed by atoms with Crippen LogP contribution in [0.25, 0.3) is 10.9 Å². The van der Waals surface area contributed by atoms with Crippen LogP contribution in [0.3, 0.4) is 0 Å². The quantitative estimate of drug-likeness (QED) is 0.541. The molecule has 0 aliphatic carbocycles. The average Bonchev–Trinajstić information content (AvgIpc) is 3.22. The first-order chi connectivity index (χ1) is 15.0. The summed E-state index contributed by atoms with van der Waals surface area (Å²) in [6.07, 6.45) is 3.76. The molecule has 0 atom stereocenters. The Morgan fingerprint density at radius 3 is 2.74 bits per heavy atom. The second-order valence-electron chi connectivity index (χ2n) is 7.54. The summed E-state index contributed by atoms with van der Waals surface area (Å²) in [5.74, 6) is -0.290. The number of aryl methyl sites for hydroxylation is 1. The van der Waals surface area contributed by atoms with E-state index in [-0.39, 0.29) is 17.5 Å². The van der Waals surface area contributed by atoms with Crippen molar-refractivity contribution >= 4 is 26.9 Å². The molecule has 0 unspecified atom stereocenters. The molecule has 1 fully saturated rings. The van der Waals surface area contributed by atoms with Crippen LogP contribution in [-0.4, -0.2) is 50.0 Å². The molecule has 0 bridgehead atoms. The molecule has 1 aliphatic heterocycles. The van der Waals surface area contributed by atoms with Gasteiger partial charge < -0.3 is 14.5 Å². The average molecular weight is 443 g/mol. The number of ether oxygens (including phenoxy) is 2. The maximum absolute atomic E-state index is 12.8. The van der Waals surface area contributed by atoms with Crippen LogP contribution in [0.15, 0.2) is 59.6 Å². The van der Waals surface area contributed by atoms with Crippen molar-refractivity contribution in [3.8, 4) is 0 Å². The molecule has 8 heteroatoms. The lowest BCUT2D eigenvalue weighted by molar-refractivity contribution is -0.145. The van der Waals surface area contributed by atoms with Gasteiger partial charge in [0.05, 0.1) is 18.1 Å². The van der Waals surface area contributed by atoms with Gasteiger partial charge in [0.25, 0.3) is 0 Å². The summed E-state index contributed by atoms with van der Waals surface area (Å²) in [5, 5.41) is 1.18. The van der Waals surface area contributed by atoms with Gasteiger partial charge in [-0.05, 0) is 42.2 Å². The SMILES string of the molecule is O=C(CCCc1c[nH]c2ccccc12)OCc1cccc(S(=O)(=O)N2CCOCC2)c1. The number of fused-ring (bicyclic) bond motifs is 1. The predicted molar refractivity (Wildman–Crippen MR) is 117 cm³/mol. The smallest absolute Gasteiger partial charge is 0.306 e. The van der Waals surface area contributed by atoms with Gasteiger partial charge in [0, 0.05) is 36.6 Å². The number of hydrogen-bond acceptors (Lipinski definition) is 5. The van der Waals surface area contributed by atoms with Crippen LogP contribution in [0.2, 0.25) is 0 Å². The fourth-order valence-electron chi connectivity index (χ4n) is 3.73. The zero-order chi connectivity index (χ0) is 21.7. The summed E-state index contributed by atoms with van der Waals surface area (Å²) in [6.45, 7) is 1.54. The van der Waals surface area contributed by atoms with Crippen molar-refractivity contribution in [2.45, 2.75) is 30.8 Å². The van der Waals surface area contributed by atoms with E-state index in [1.54, 1.807) is 24.3 Å². The zero-order valence-electron chi connectivity index (χ0n) is 17.2. The minimum atomic E-state index is -3.57. The van der Waals surface area contributed by atoms with E-state index in [0.717, 1.165) is 11.9 Å². The van der Waals surface area contributed by atoms with Crippen molar-refractivity contribution in [1.29, 1.82) is 0 Å². The first kappa shape index (κ1) is 21.5. The number of hydrogen-bond donors (Lipinski definition) is 1. The molecule has 1 aliphatic rings. The fraction of sp³-hybridized carbons (Fsp3) is 0.348. The van der Waals surface area contributed by atoms with Gasteiger partial charge in [-0.3, -0.25) is 4.79 Å². The lowest BCUT2D eigenvalue weighted by Gasteiger charge is -2.26. The van der Waals surface area contributed by atoms with Crippen LogP contribution >= 0.6 is 0 Å². The highest BCUT2D eigenvalue weighted by Gasteiger charge is 2.26. The van der Waals surface area contributed by atoms with Crippen LogP contribution in [0.4, 0.5) is 0 Å². The Bertz CT molecular complexity index is 1150.